The molecule has 0 bridgehead atoms. The summed E-state index contributed by atoms with van der Waals surface area (Å²) in [5, 5.41) is 7.93. The lowest BCUT2D eigenvalue weighted by Gasteiger charge is -2.22. The van der Waals surface area contributed by atoms with Crippen LogP contribution in [0.5, 0.6) is 0 Å². The van der Waals surface area contributed by atoms with Gasteiger partial charge in [-0.15, -0.1) is 0 Å². The van der Waals surface area contributed by atoms with E-state index in [0.29, 0.717) is 6.10 Å². The Labute approximate surface area is 116 Å². The first kappa shape index (κ1) is 14.5. The van der Waals surface area contributed by atoms with Crippen molar-refractivity contribution in [2.24, 2.45) is 0 Å². The highest BCUT2D eigenvalue weighted by Crippen LogP contribution is 2.30. The van der Waals surface area contributed by atoms with E-state index in [9.17, 15) is 0 Å². The van der Waals surface area contributed by atoms with Crippen LogP contribution in [-0.2, 0) is 17.8 Å². The number of ether oxygens (including phenoxy) is 1. The smallest absolute Gasteiger partial charge is 0.0779 e. The molecule has 1 unspecified atom stereocenters. The Balaban J connectivity index is 1.93. The summed E-state index contributed by atoms with van der Waals surface area (Å²) in [6.07, 6.45) is 4.43. The van der Waals surface area contributed by atoms with Crippen LogP contribution in [0.4, 0.5) is 0 Å². The van der Waals surface area contributed by atoms with Gasteiger partial charge in [-0.2, -0.15) is 5.10 Å². The fraction of sp³-hybridized carbons (Fsp3) is 0.800. The van der Waals surface area contributed by atoms with Crippen molar-refractivity contribution in [2.75, 3.05) is 0 Å². The van der Waals surface area contributed by atoms with Crippen molar-refractivity contribution >= 4 is 0 Å². The molecule has 0 radical (unpaired) electrons. The highest BCUT2D eigenvalue weighted by molar-refractivity contribution is 5.01. The van der Waals surface area contributed by atoms with Crippen molar-refractivity contribution in [1.29, 1.82) is 0 Å². The molecule has 1 saturated heterocycles. The van der Waals surface area contributed by atoms with Gasteiger partial charge in [0.25, 0.3) is 0 Å². The Bertz CT molecular complexity index is 417. The zero-order chi connectivity index (χ0) is 14.1. The van der Waals surface area contributed by atoms with E-state index < -0.39 is 0 Å². The van der Waals surface area contributed by atoms with Gasteiger partial charge in [0.05, 0.1) is 23.9 Å². The second kappa shape index (κ2) is 5.25. The van der Waals surface area contributed by atoms with Crippen LogP contribution in [0, 0.1) is 0 Å². The Hall–Kier alpha value is -0.870. The molecule has 0 aromatic carbocycles. The van der Waals surface area contributed by atoms with E-state index in [4.69, 9.17) is 4.74 Å². The third-order valence-corrected chi connectivity index (χ3v) is 3.53. The number of rotatable bonds is 4. The van der Waals surface area contributed by atoms with Gasteiger partial charge in [-0.3, -0.25) is 4.68 Å². The number of aromatic nitrogens is 2. The zero-order valence-corrected chi connectivity index (χ0v) is 12.9. The molecule has 0 amide bonds. The van der Waals surface area contributed by atoms with Gasteiger partial charge < -0.3 is 10.1 Å². The highest BCUT2D eigenvalue weighted by atomic mass is 16.5. The fourth-order valence-corrected chi connectivity index (χ4v) is 2.43. The van der Waals surface area contributed by atoms with Crippen LogP contribution in [0.25, 0.3) is 0 Å². The average molecular weight is 265 g/mol. The van der Waals surface area contributed by atoms with Gasteiger partial charge in [0.1, 0.15) is 0 Å². The molecule has 19 heavy (non-hydrogen) atoms. The third kappa shape index (κ3) is 4.32. The Morgan fingerprint density at radius 2 is 2.21 bits per heavy atom. The molecule has 1 fully saturated rings. The maximum absolute atomic E-state index is 6.04. The van der Waals surface area contributed by atoms with Gasteiger partial charge in [-0.1, -0.05) is 0 Å². The molecule has 1 N–H and O–H groups in total. The molecule has 0 spiro atoms. The summed E-state index contributed by atoms with van der Waals surface area (Å²) >= 11 is 0. The van der Waals surface area contributed by atoms with Gasteiger partial charge in [0, 0.05) is 18.3 Å². The predicted octanol–water partition coefficient (Wildman–Crippen LogP) is 2.73. The molecule has 1 aliphatic rings. The van der Waals surface area contributed by atoms with E-state index in [0.717, 1.165) is 25.9 Å². The minimum Gasteiger partial charge on any atom is -0.370 e. The van der Waals surface area contributed by atoms with E-state index in [1.165, 1.54) is 5.69 Å². The molecule has 4 nitrogen and oxygen atoms in total. The molecule has 108 valence electrons. The molecule has 4 heteroatoms. The van der Waals surface area contributed by atoms with Gasteiger partial charge >= 0.3 is 0 Å². The largest absolute Gasteiger partial charge is 0.370 e. The van der Waals surface area contributed by atoms with E-state index in [1.54, 1.807) is 0 Å². The zero-order valence-electron chi connectivity index (χ0n) is 12.9. The van der Waals surface area contributed by atoms with Crippen LogP contribution in [0.15, 0.2) is 12.3 Å². The highest BCUT2D eigenvalue weighted by Gasteiger charge is 2.32. The van der Waals surface area contributed by atoms with Crippen LogP contribution in [0.1, 0.15) is 53.2 Å². The maximum atomic E-state index is 6.04. The summed E-state index contributed by atoms with van der Waals surface area (Å²) in [5.74, 6) is 0. The SMILES string of the molecule is CC(C)(C)NCc1ccnn1CC1CCC(C)(C)O1. The number of hydrogen-bond donors (Lipinski definition) is 1. The monoisotopic (exact) mass is 265 g/mol. The molecule has 0 aliphatic carbocycles. The van der Waals surface area contributed by atoms with Gasteiger partial charge in [0.15, 0.2) is 0 Å². The number of nitrogens with one attached hydrogen (secondary N) is 1. The second-order valence-corrected chi connectivity index (χ2v) is 7.15. The average Bonchev–Trinajstić information content (AvgIpc) is 2.82. The lowest BCUT2D eigenvalue weighted by Crippen LogP contribution is -2.36. The van der Waals surface area contributed by atoms with Gasteiger partial charge in [0.2, 0.25) is 0 Å². The quantitative estimate of drug-likeness (QED) is 0.910. The summed E-state index contributed by atoms with van der Waals surface area (Å²) in [7, 11) is 0. The van der Waals surface area contributed by atoms with Crippen LogP contribution in [0.3, 0.4) is 0 Å². The number of hydrogen-bond acceptors (Lipinski definition) is 3. The topological polar surface area (TPSA) is 39.1 Å². The van der Waals surface area contributed by atoms with E-state index >= 15 is 0 Å². The normalized spacial score (nSPS) is 22.9. The molecule has 2 rings (SSSR count). The second-order valence-electron chi connectivity index (χ2n) is 7.15. The van der Waals surface area contributed by atoms with Crippen LogP contribution in [0.2, 0.25) is 0 Å². The van der Waals surface area contributed by atoms with Crippen molar-refractivity contribution in [1.82, 2.24) is 15.1 Å². The van der Waals surface area contributed by atoms with E-state index in [2.05, 4.69) is 55.8 Å². The van der Waals surface area contributed by atoms with Crippen molar-refractivity contribution in [3.63, 3.8) is 0 Å². The molecular weight excluding hydrogens is 238 g/mol. The summed E-state index contributed by atoms with van der Waals surface area (Å²) in [6, 6.07) is 2.08. The number of nitrogens with zero attached hydrogens (tertiary/aromatic N) is 2. The van der Waals surface area contributed by atoms with E-state index in [-0.39, 0.29) is 11.1 Å². The van der Waals surface area contributed by atoms with Gasteiger partial charge in [-0.25, -0.2) is 0 Å². The standard InChI is InChI=1S/C15H27N3O/c1-14(2,3)16-10-12-7-9-17-18(12)11-13-6-8-15(4,5)19-13/h7,9,13,16H,6,8,10-11H2,1-5H3. The van der Waals surface area contributed by atoms with E-state index in [1.807, 2.05) is 6.20 Å². The van der Waals surface area contributed by atoms with Crippen molar-refractivity contribution in [2.45, 2.75) is 77.8 Å². The first-order valence-electron chi connectivity index (χ1n) is 7.19. The summed E-state index contributed by atoms with van der Waals surface area (Å²) in [4.78, 5) is 0. The lowest BCUT2D eigenvalue weighted by molar-refractivity contribution is -0.0233. The minimum atomic E-state index is 0.0294. The Kier molecular flexibility index (Phi) is 4.02. The molecular formula is C15H27N3O. The first-order chi connectivity index (χ1) is 8.75. The molecule has 1 aromatic rings. The maximum Gasteiger partial charge on any atom is 0.0779 e. The molecule has 0 saturated carbocycles. The molecule has 1 aromatic heterocycles. The molecule has 1 aliphatic heterocycles. The summed E-state index contributed by atoms with van der Waals surface area (Å²) in [6.45, 7) is 12.6. The summed E-state index contributed by atoms with van der Waals surface area (Å²) in [5.41, 5.74) is 1.38. The van der Waals surface area contributed by atoms with Gasteiger partial charge in [-0.05, 0) is 53.5 Å². The van der Waals surface area contributed by atoms with Crippen molar-refractivity contribution in [3.05, 3.63) is 18.0 Å². The molecule has 1 atom stereocenters. The lowest BCUT2D eigenvalue weighted by atomic mass is 10.1. The summed E-state index contributed by atoms with van der Waals surface area (Å²) < 4.78 is 8.12. The fourth-order valence-electron chi connectivity index (χ4n) is 2.43. The Morgan fingerprint density at radius 1 is 1.47 bits per heavy atom. The minimum absolute atomic E-state index is 0.0294. The van der Waals surface area contributed by atoms with Crippen LogP contribution in [-0.4, -0.2) is 27.0 Å². The van der Waals surface area contributed by atoms with Crippen molar-refractivity contribution < 1.29 is 4.74 Å². The third-order valence-electron chi connectivity index (χ3n) is 3.53. The predicted molar refractivity (Wildman–Crippen MR) is 77.0 cm³/mol. The first-order valence-corrected chi connectivity index (χ1v) is 7.19. The molecule has 2 heterocycles. The Morgan fingerprint density at radius 3 is 2.79 bits per heavy atom. The van der Waals surface area contributed by atoms with Crippen LogP contribution < -0.4 is 5.32 Å². The van der Waals surface area contributed by atoms with Crippen LogP contribution >= 0.6 is 0 Å². The van der Waals surface area contributed by atoms with Crippen molar-refractivity contribution in [3.8, 4) is 0 Å².